The summed E-state index contributed by atoms with van der Waals surface area (Å²) in [5.41, 5.74) is 0.0986. The second-order valence-electron chi connectivity index (χ2n) is 5.11. The Morgan fingerprint density at radius 2 is 1.95 bits per heavy atom. The molecule has 0 fully saturated rings. The number of rotatable bonds is 6. The molecule has 2 aromatic rings. The van der Waals surface area contributed by atoms with Gasteiger partial charge in [0.1, 0.15) is 5.82 Å². The fraction of sp³-hybridized carbons (Fsp3) is 0.312. The van der Waals surface area contributed by atoms with Crippen molar-refractivity contribution < 1.29 is 14.6 Å². The van der Waals surface area contributed by atoms with Gasteiger partial charge in [0, 0.05) is 6.54 Å². The number of aromatic nitrogens is 2. The zero-order chi connectivity index (χ0) is 16.0. The van der Waals surface area contributed by atoms with Gasteiger partial charge in [0.2, 0.25) is 0 Å². The van der Waals surface area contributed by atoms with E-state index >= 15 is 0 Å². The molecule has 1 aromatic heterocycles. The van der Waals surface area contributed by atoms with Gasteiger partial charge in [0.25, 0.3) is 0 Å². The van der Waals surface area contributed by atoms with E-state index in [1.165, 1.54) is 13.2 Å². The summed E-state index contributed by atoms with van der Waals surface area (Å²) in [5.74, 6) is 0.0163. The summed E-state index contributed by atoms with van der Waals surface area (Å²) < 4.78 is 4.56. The zero-order valence-corrected chi connectivity index (χ0v) is 12.6. The summed E-state index contributed by atoms with van der Waals surface area (Å²) in [6.45, 7) is 2.30. The minimum Gasteiger partial charge on any atom is -0.464 e. The summed E-state index contributed by atoms with van der Waals surface area (Å²) in [6.07, 6.45) is 0.511. The molecule has 22 heavy (non-hydrogen) atoms. The van der Waals surface area contributed by atoms with E-state index in [-0.39, 0.29) is 5.69 Å². The van der Waals surface area contributed by atoms with Gasteiger partial charge in [0.15, 0.2) is 5.69 Å². The van der Waals surface area contributed by atoms with Crippen LogP contribution >= 0.6 is 0 Å². The highest BCUT2D eigenvalue weighted by atomic mass is 16.5. The van der Waals surface area contributed by atoms with Crippen molar-refractivity contribution in [2.75, 3.05) is 19.0 Å². The Morgan fingerprint density at radius 1 is 1.23 bits per heavy atom. The monoisotopic (exact) mass is 301 g/mol. The van der Waals surface area contributed by atoms with Gasteiger partial charge in [-0.25, -0.2) is 4.79 Å². The number of hydrogen-bond donors (Lipinski definition) is 2. The van der Waals surface area contributed by atoms with E-state index in [0.717, 1.165) is 5.56 Å². The summed E-state index contributed by atoms with van der Waals surface area (Å²) in [4.78, 5) is 11.2. The Kier molecular flexibility index (Phi) is 5.06. The SMILES string of the molecule is COC(=O)c1ccc(NCCC(C)(O)c2ccccc2)nn1. The number of benzene rings is 1. The van der Waals surface area contributed by atoms with Crippen LogP contribution in [0.15, 0.2) is 42.5 Å². The fourth-order valence-electron chi connectivity index (χ4n) is 2.02. The number of aliphatic hydroxyl groups is 1. The summed E-state index contributed by atoms with van der Waals surface area (Å²) in [7, 11) is 1.29. The van der Waals surface area contributed by atoms with Crippen molar-refractivity contribution in [3.05, 3.63) is 53.7 Å². The van der Waals surface area contributed by atoms with E-state index in [9.17, 15) is 9.90 Å². The molecule has 116 valence electrons. The van der Waals surface area contributed by atoms with Crippen molar-refractivity contribution in [3.63, 3.8) is 0 Å². The summed E-state index contributed by atoms with van der Waals surface area (Å²) in [6, 6.07) is 12.7. The number of ether oxygens (including phenoxy) is 1. The first-order valence-electron chi connectivity index (χ1n) is 6.97. The van der Waals surface area contributed by atoms with Crippen LogP contribution in [0.2, 0.25) is 0 Å². The van der Waals surface area contributed by atoms with Crippen LogP contribution in [0.4, 0.5) is 5.82 Å². The second kappa shape index (κ2) is 7.00. The number of hydrogen-bond acceptors (Lipinski definition) is 6. The molecule has 6 heteroatoms. The first-order chi connectivity index (χ1) is 10.5. The molecule has 6 nitrogen and oxygen atoms in total. The molecule has 1 aromatic carbocycles. The van der Waals surface area contributed by atoms with Gasteiger partial charge in [-0.1, -0.05) is 30.3 Å². The predicted molar refractivity (Wildman–Crippen MR) is 82.5 cm³/mol. The Hall–Kier alpha value is -2.47. The van der Waals surface area contributed by atoms with E-state index in [2.05, 4.69) is 20.3 Å². The number of anilines is 1. The lowest BCUT2D eigenvalue weighted by Crippen LogP contribution is -2.24. The summed E-state index contributed by atoms with van der Waals surface area (Å²) >= 11 is 0. The van der Waals surface area contributed by atoms with Crippen molar-refractivity contribution in [3.8, 4) is 0 Å². The van der Waals surface area contributed by atoms with Gasteiger partial charge in [-0.2, -0.15) is 0 Å². The third kappa shape index (κ3) is 4.02. The quantitative estimate of drug-likeness (QED) is 0.794. The van der Waals surface area contributed by atoms with Crippen LogP contribution in [0, 0.1) is 0 Å². The van der Waals surface area contributed by atoms with E-state index < -0.39 is 11.6 Å². The third-order valence-electron chi connectivity index (χ3n) is 3.37. The maximum absolute atomic E-state index is 11.2. The Labute approximate surface area is 129 Å². The van der Waals surface area contributed by atoms with Gasteiger partial charge >= 0.3 is 5.97 Å². The largest absolute Gasteiger partial charge is 0.464 e. The standard InChI is InChI=1S/C16H19N3O3/c1-16(21,12-6-4-3-5-7-12)10-11-17-14-9-8-13(18-19-14)15(20)22-2/h3-9,21H,10-11H2,1-2H3,(H,17,19). The zero-order valence-electron chi connectivity index (χ0n) is 12.6. The minimum atomic E-state index is -0.923. The summed E-state index contributed by atoms with van der Waals surface area (Å²) in [5, 5.41) is 21.2. The van der Waals surface area contributed by atoms with Crippen LogP contribution in [0.3, 0.4) is 0 Å². The van der Waals surface area contributed by atoms with E-state index in [1.54, 1.807) is 13.0 Å². The molecule has 0 aliphatic heterocycles. The van der Waals surface area contributed by atoms with Crippen molar-refractivity contribution in [1.29, 1.82) is 0 Å². The molecular formula is C16H19N3O3. The number of carbonyl (C=O) groups excluding carboxylic acids is 1. The second-order valence-corrected chi connectivity index (χ2v) is 5.11. The van der Waals surface area contributed by atoms with Crippen LogP contribution < -0.4 is 5.32 Å². The Morgan fingerprint density at radius 3 is 2.55 bits per heavy atom. The molecule has 0 aliphatic carbocycles. The molecule has 1 heterocycles. The smallest absolute Gasteiger partial charge is 0.358 e. The van der Waals surface area contributed by atoms with Crippen molar-refractivity contribution in [1.82, 2.24) is 10.2 Å². The average Bonchev–Trinajstić information content (AvgIpc) is 2.55. The number of methoxy groups -OCH3 is 1. The number of nitrogens with zero attached hydrogens (tertiary/aromatic N) is 2. The van der Waals surface area contributed by atoms with Crippen LogP contribution in [0.25, 0.3) is 0 Å². The van der Waals surface area contributed by atoms with Crippen molar-refractivity contribution in [2.45, 2.75) is 18.9 Å². The highest BCUT2D eigenvalue weighted by Crippen LogP contribution is 2.23. The highest BCUT2D eigenvalue weighted by molar-refractivity contribution is 5.86. The Bertz CT molecular complexity index is 612. The molecule has 2 N–H and O–H groups in total. The van der Waals surface area contributed by atoms with Crippen LogP contribution in [-0.2, 0) is 10.3 Å². The normalized spacial score (nSPS) is 13.2. The van der Waals surface area contributed by atoms with Gasteiger partial charge in [0.05, 0.1) is 12.7 Å². The van der Waals surface area contributed by atoms with E-state index in [4.69, 9.17) is 0 Å². The lowest BCUT2D eigenvalue weighted by atomic mass is 9.93. The van der Waals surface area contributed by atoms with Crippen molar-refractivity contribution in [2.24, 2.45) is 0 Å². The molecule has 0 radical (unpaired) electrons. The Balaban J connectivity index is 1.89. The highest BCUT2D eigenvalue weighted by Gasteiger charge is 2.22. The third-order valence-corrected chi connectivity index (χ3v) is 3.37. The molecule has 2 rings (SSSR count). The van der Waals surface area contributed by atoms with Crippen LogP contribution in [-0.4, -0.2) is 34.9 Å². The fourth-order valence-corrected chi connectivity index (χ4v) is 2.02. The van der Waals surface area contributed by atoms with Gasteiger partial charge < -0.3 is 15.2 Å². The first kappa shape index (κ1) is 15.9. The predicted octanol–water partition coefficient (Wildman–Crippen LogP) is 1.97. The first-order valence-corrected chi connectivity index (χ1v) is 6.97. The molecule has 0 aliphatic rings. The number of carbonyl (C=O) groups is 1. The topological polar surface area (TPSA) is 84.3 Å². The molecule has 0 spiro atoms. The average molecular weight is 301 g/mol. The lowest BCUT2D eigenvalue weighted by Gasteiger charge is -2.24. The molecule has 0 bridgehead atoms. The van der Waals surface area contributed by atoms with Crippen LogP contribution in [0.5, 0.6) is 0 Å². The maximum atomic E-state index is 11.2. The van der Waals surface area contributed by atoms with Crippen molar-refractivity contribution >= 4 is 11.8 Å². The lowest BCUT2D eigenvalue weighted by molar-refractivity contribution is 0.0515. The molecule has 1 unspecified atom stereocenters. The van der Waals surface area contributed by atoms with E-state index in [1.807, 2.05) is 30.3 Å². The number of nitrogens with one attached hydrogen (secondary N) is 1. The molecular weight excluding hydrogens is 282 g/mol. The molecule has 1 atom stereocenters. The molecule has 0 saturated carbocycles. The van der Waals surface area contributed by atoms with Crippen LogP contribution in [0.1, 0.15) is 29.4 Å². The maximum Gasteiger partial charge on any atom is 0.358 e. The molecule has 0 amide bonds. The van der Waals surface area contributed by atoms with Gasteiger partial charge in [-0.05, 0) is 31.0 Å². The van der Waals surface area contributed by atoms with Gasteiger partial charge in [-0.3, -0.25) is 0 Å². The van der Waals surface area contributed by atoms with E-state index in [0.29, 0.717) is 18.8 Å². The minimum absolute atomic E-state index is 0.157. The van der Waals surface area contributed by atoms with Gasteiger partial charge in [-0.15, -0.1) is 10.2 Å². The number of esters is 1. The molecule has 0 saturated heterocycles.